The van der Waals surface area contributed by atoms with Crippen molar-refractivity contribution in [1.82, 2.24) is 0 Å². The van der Waals surface area contributed by atoms with Crippen LogP contribution in [0.15, 0.2) is 12.1 Å². The fourth-order valence-corrected chi connectivity index (χ4v) is 2.01. The summed E-state index contributed by atoms with van der Waals surface area (Å²) in [6.07, 6.45) is -0.0151. The highest BCUT2D eigenvalue weighted by Gasteiger charge is 2.37. The molecule has 3 nitrogen and oxygen atoms in total. The molecule has 74 valence electrons. The molecule has 0 radical (unpaired) electrons. The number of ether oxygens (including phenoxy) is 1. The molecule has 0 aromatic heterocycles. The molecule has 3 rings (SSSR count). The van der Waals surface area contributed by atoms with Crippen LogP contribution in [0.5, 0.6) is 11.5 Å². The van der Waals surface area contributed by atoms with Crippen LogP contribution in [0.2, 0.25) is 0 Å². The van der Waals surface area contributed by atoms with Gasteiger partial charge in [0.15, 0.2) is 11.9 Å². The molecule has 2 aliphatic heterocycles. The summed E-state index contributed by atoms with van der Waals surface area (Å²) < 4.78 is 5.47. The molecule has 2 aliphatic rings. The lowest BCUT2D eigenvalue weighted by molar-refractivity contribution is -0.227. The first kappa shape index (κ1) is 8.12. The van der Waals surface area contributed by atoms with Crippen LogP contribution in [0.4, 0.5) is 0 Å². The number of rotatable bonds is 1. The van der Waals surface area contributed by atoms with E-state index in [0.717, 1.165) is 17.1 Å². The quantitative estimate of drug-likeness (QED) is 0.640. The van der Waals surface area contributed by atoms with Crippen molar-refractivity contribution in [2.24, 2.45) is 0 Å². The van der Waals surface area contributed by atoms with Crippen LogP contribution in [0, 0.1) is 0 Å². The molecule has 0 amide bonds. The first-order chi connectivity index (χ1) is 6.77. The average Bonchev–Trinajstić information content (AvgIpc) is 2.74. The molecule has 2 heterocycles. The van der Waals surface area contributed by atoms with E-state index in [1.807, 2.05) is 6.07 Å². The zero-order chi connectivity index (χ0) is 9.71. The predicted molar refractivity (Wildman–Crippen MR) is 50.5 cm³/mol. The molecule has 0 saturated heterocycles. The van der Waals surface area contributed by atoms with Gasteiger partial charge in [-0.25, -0.2) is 0 Å². The third-order valence-electron chi connectivity index (χ3n) is 2.77. The Morgan fingerprint density at radius 1 is 1.36 bits per heavy atom. The summed E-state index contributed by atoms with van der Waals surface area (Å²) >= 11 is 0. The smallest absolute Gasteiger partial charge is 0.178 e. The van der Waals surface area contributed by atoms with Gasteiger partial charge in [-0.2, -0.15) is 4.89 Å². The topological polar surface area (TPSA) is 27.7 Å². The van der Waals surface area contributed by atoms with Gasteiger partial charge in [0.25, 0.3) is 0 Å². The van der Waals surface area contributed by atoms with Gasteiger partial charge < -0.3 is 9.62 Å². The molecule has 0 spiro atoms. The van der Waals surface area contributed by atoms with Gasteiger partial charge in [-0.3, -0.25) is 0 Å². The van der Waals surface area contributed by atoms with Crippen molar-refractivity contribution in [3.05, 3.63) is 23.3 Å². The Balaban J connectivity index is 2.21. The molecule has 1 unspecified atom stereocenters. The van der Waals surface area contributed by atoms with Gasteiger partial charge in [0.2, 0.25) is 0 Å². The Morgan fingerprint density at radius 3 is 3.00 bits per heavy atom. The van der Waals surface area contributed by atoms with Gasteiger partial charge in [0.1, 0.15) is 12.4 Å². The highest BCUT2D eigenvalue weighted by atomic mass is 17.2. The molecule has 1 aromatic carbocycles. The summed E-state index contributed by atoms with van der Waals surface area (Å²) in [6, 6.07) is 4.06. The lowest BCUT2D eigenvalue weighted by Gasteiger charge is -2.10. The fourth-order valence-electron chi connectivity index (χ4n) is 2.01. The SMILES string of the molecule is CC(C)c1ccc2c3c1OOC3CO2. The van der Waals surface area contributed by atoms with E-state index in [1.54, 1.807) is 0 Å². The molecule has 0 fully saturated rings. The second kappa shape index (κ2) is 2.64. The monoisotopic (exact) mass is 192 g/mol. The van der Waals surface area contributed by atoms with Gasteiger partial charge in [-0.15, -0.1) is 0 Å². The molecule has 1 atom stereocenters. The van der Waals surface area contributed by atoms with Gasteiger partial charge in [-0.1, -0.05) is 19.9 Å². The van der Waals surface area contributed by atoms with Gasteiger partial charge in [0, 0.05) is 5.56 Å². The van der Waals surface area contributed by atoms with Crippen molar-refractivity contribution in [2.45, 2.75) is 25.9 Å². The number of hydrogen-bond acceptors (Lipinski definition) is 3. The molecular formula is C11H12O3. The molecule has 0 saturated carbocycles. The molecule has 0 bridgehead atoms. The first-order valence-corrected chi connectivity index (χ1v) is 4.90. The van der Waals surface area contributed by atoms with E-state index in [1.165, 1.54) is 5.56 Å². The van der Waals surface area contributed by atoms with Crippen molar-refractivity contribution in [1.29, 1.82) is 0 Å². The fraction of sp³-hybridized carbons (Fsp3) is 0.455. The third kappa shape index (κ3) is 0.904. The van der Waals surface area contributed by atoms with Gasteiger partial charge in [0.05, 0.1) is 5.56 Å². The zero-order valence-electron chi connectivity index (χ0n) is 8.24. The minimum atomic E-state index is -0.0151. The lowest BCUT2D eigenvalue weighted by atomic mass is 9.97. The molecule has 0 N–H and O–H groups in total. The summed E-state index contributed by atoms with van der Waals surface area (Å²) in [4.78, 5) is 10.4. The second-order valence-corrected chi connectivity index (χ2v) is 4.03. The Hall–Kier alpha value is -1.22. The standard InChI is InChI=1S/C11H12O3/c1-6(2)7-3-4-8-10-9(5-12-8)13-14-11(7)10/h3-4,6,9H,5H2,1-2H3. The van der Waals surface area contributed by atoms with E-state index in [-0.39, 0.29) is 6.10 Å². The maximum absolute atomic E-state index is 5.47. The normalized spacial score (nSPS) is 22.1. The Labute approximate surface area is 82.5 Å². The van der Waals surface area contributed by atoms with Crippen LogP contribution in [0.25, 0.3) is 0 Å². The Kier molecular flexibility index (Phi) is 1.53. The van der Waals surface area contributed by atoms with Crippen LogP contribution in [-0.4, -0.2) is 6.61 Å². The summed E-state index contributed by atoms with van der Waals surface area (Å²) in [5, 5.41) is 0. The molecular weight excluding hydrogens is 180 g/mol. The summed E-state index contributed by atoms with van der Waals surface area (Å²) in [5.74, 6) is 2.23. The van der Waals surface area contributed by atoms with Crippen LogP contribution in [0.1, 0.15) is 37.0 Å². The van der Waals surface area contributed by atoms with E-state index < -0.39 is 0 Å². The van der Waals surface area contributed by atoms with Gasteiger partial charge in [-0.05, 0) is 12.0 Å². The second-order valence-electron chi connectivity index (χ2n) is 4.03. The minimum Gasteiger partial charge on any atom is -0.490 e. The van der Waals surface area contributed by atoms with Crippen LogP contribution in [-0.2, 0) is 4.89 Å². The lowest BCUT2D eigenvalue weighted by Crippen LogP contribution is -2.02. The zero-order valence-corrected chi connectivity index (χ0v) is 8.24. The maximum Gasteiger partial charge on any atom is 0.178 e. The van der Waals surface area contributed by atoms with Crippen LogP contribution < -0.4 is 9.62 Å². The highest BCUT2D eigenvalue weighted by molar-refractivity contribution is 5.55. The average molecular weight is 192 g/mol. The predicted octanol–water partition coefficient (Wildman–Crippen LogP) is 2.57. The molecule has 0 aliphatic carbocycles. The Bertz CT molecular complexity index is 384. The van der Waals surface area contributed by atoms with E-state index in [9.17, 15) is 0 Å². The van der Waals surface area contributed by atoms with E-state index in [4.69, 9.17) is 14.5 Å². The van der Waals surface area contributed by atoms with E-state index in [0.29, 0.717) is 12.5 Å². The Morgan fingerprint density at radius 2 is 2.21 bits per heavy atom. The molecule has 1 aromatic rings. The van der Waals surface area contributed by atoms with Crippen molar-refractivity contribution >= 4 is 0 Å². The summed E-state index contributed by atoms with van der Waals surface area (Å²) in [6.45, 7) is 4.86. The molecule has 14 heavy (non-hydrogen) atoms. The molecule has 3 heteroatoms. The largest absolute Gasteiger partial charge is 0.490 e. The van der Waals surface area contributed by atoms with Crippen molar-refractivity contribution in [2.75, 3.05) is 6.61 Å². The minimum absolute atomic E-state index is 0.0151. The van der Waals surface area contributed by atoms with Gasteiger partial charge >= 0.3 is 0 Å². The number of benzene rings is 1. The van der Waals surface area contributed by atoms with E-state index >= 15 is 0 Å². The first-order valence-electron chi connectivity index (χ1n) is 4.90. The maximum atomic E-state index is 5.47. The third-order valence-corrected chi connectivity index (χ3v) is 2.77. The van der Waals surface area contributed by atoms with Crippen LogP contribution in [0.3, 0.4) is 0 Å². The summed E-state index contributed by atoms with van der Waals surface area (Å²) in [5.41, 5.74) is 2.29. The van der Waals surface area contributed by atoms with Crippen molar-refractivity contribution in [3.63, 3.8) is 0 Å². The van der Waals surface area contributed by atoms with Crippen molar-refractivity contribution < 1.29 is 14.5 Å². The summed E-state index contributed by atoms with van der Waals surface area (Å²) in [7, 11) is 0. The van der Waals surface area contributed by atoms with E-state index in [2.05, 4.69) is 19.9 Å². The van der Waals surface area contributed by atoms with Crippen molar-refractivity contribution in [3.8, 4) is 11.5 Å². The number of hydrogen-bond donors (Lipinski definition) is 0. The van der Waals surface area contributed by atoms with Crippen LogP contribution >= 0.6 is 0 Å². The highest BCUT2D eigenvalue weighted by Crippen LogP contribution is 2.49.